The van der Waals surface area contributed by atoms with E-state index in [0.29, 0.717) is 5.92 Å². The zero-order chi connectivity index (χ0) is 9.10. The van der Waals surface area contributed by atoms with E-state index in [4.69, 9.17) is 9.15 Å². The predicted octanol–water partition coefficient (Wildman–Crippen LogP) is 0.898. The number of oxazole rings is 1. The second kappa shape index (κ2) is 3.89. The minimum absolute atomic E-state index is 0.408. The fourth-order valence-corrected chi connectivity index (χ4v) is 1.65. The van der Waals surface area contributed by atoms with Gasteiger partial charge in [-0.2, -0.15) is 0 Å². The second-order valence-electron chi connectivity index (χ2n) is 3.25. The Morgan fingerprint density at radius 3 is 3.31 bits per heavy atom. The molecule has 1 atom stereocenters. The van der Waals surface area contributed by atoms with E-state index in [1.807, 2.05) is 7.05 Å². The Kier molecular flexibility index (Phi) is 2.61. The first-order valence-corrected chi connectivity index (χ1v) is 4.56. The van der Waals surface area contributed by atoms with Crippen molar-refractivity contribution < 1.29 is 9.15 Å². The normalized spacial score (nSPS) is 22.4. The van der Waals surface area contributed by atoms with E-state index in [0.717, 1.165) is 37.6 Å². The summed E-state index contributed by atoms with van der Waals surface area (Å²) in [5, 5.41) is 3.07. The molecular formula is C9H14N2O2. The topological polar surface area (TPSA) is 47.3 Å². The van der Waals surface area contributed by atoms with Crippen molar-refractivity contribution in [3.8, 4) is 0 Å². The summed E-state index contributed by atoms with van der Waals surface area (Å²) in [5.41, 5.74) is 1.01. The average Bonchev–Trinajstić information content (AvgIpc) is 2.71. The van der Waals surface area contributed by atoms with E-state index in [-0.39, 0.29) is 0 Å². The van der Waals surface area contributed by atoms with Crippen LogP contribution in [-0.4, -0.2) is 25.2 Å². The Morgan fingerprint density at radius 1 is 1.69 bits per heavy atom. The molecule has 0 spiro atoms. The van der Waals surface area contributed by atoms with Gasteiger partial charge in [0.05, 0.1) is 12.3 Å². The van der Waals surface area contributed by atoms with Gasteiger partial charge in [-0.25, -0.2) is 4.98 Å². The van der Waals surface area contributed by atoms with Crippen LogP contribution in [0.1, 0.15) is 23.8 Å². The summed E-state index contributed by atoms with van der Waals surface area (Å²) in [5.74, 6) is 1.40. The minimum Gasteiger partial charge on any atom is -0.448 e. The van der Waals surface area contributed by atoms with E-state index in [1.165, 1.54) is 6.39 Å². The third kappa shape index (κ3) is 1.73. The standard InChI is InChI=1S/C9H14N2O2/c1-10-4-8-9(13-6-11-8)7-2-3-12-5-7/h6-7,10H,2-5H2,1H3. The quantitative estimate of drug-likeness (QED) is 0.754. The number of hydrogen-bond donors (Lipinski definition) is 1. The molecule has 1 aliphatic rings. The van der Waals surface area contributed by atoms with Crippen molar-refractivity contribution in [3.63, 3.8) is 0 Å². The highest BCUT2D eigenvalue weighted by atomic mass is 16.5. The maximum atomic E-state index is 5.37. The molecule has 1 unspecified atom stereocenters. The zero-order valence-corrected chi connectivity index (χ0v) is 7.75. The first kappa shape index (κ1) is 8.72. The SMILES string of the molecule is CNCc1ncoc1C1CCOC1. The van der Waals surface area contributed by atoms with Gasteiger partial charge in [0.2, 0.25) is 0 Å². The zero-order valence-electron chi connectivity index (χ0n) is 7.75. The van der Waals surface area contributed by atoms with Crippen LogP contribution in [0.5, 0.6) is 0 Å². The van der Waals surface area contributed by atoms with Gasteiger partial charge in [0, 0.05) is 19.1 Å². The molecule has 72 valence electrons. The maximum absolute atomic E-state index is 5.37. The van der Waals surface area contributed by atoms with Crippen molar-refractivity contribution in [2.45, 2.75) is 18.9 Å². The molecular weight excluding hydrogens is 168 g/mol. The molecule has 1 aliphatic heterocycles. The third-order valence-corrected chi connectivity index (χ3v) is 2.32. The average molecular weight is 182 g/mol. The smallest absolute Gasteiger partial charge is 0.181 e. The summed E-state index contributed by atoms with van der Waals surface area (Å²) in [6, 6.07) is 0. The minimum atomic E-state index is 0.408. The molecule has 1 saturated heterocycles. The Morgan fingerprint density at radius 2 is 2.62 bits per heavy atom. The van der Waals surface area contributed by atoms with Crippen molar-refractivity contribution in [1.82, 2.24) is 10.3 Å². The Bertz CT molecular complexity index is 266. The molecule has 0 bridgehead atoms. The van der Waals surface area contributed by atoms with E-state index in [9.17, 15) is 0 Å². The molecule has 0 aliphatic carbocycles. The second-order valence-corrected chi connectivity index (χ2v) is 3.25. The summed E-state index contributed by atoms with van der Waals surface area (Å²) >= 11 is 0. The first-order chi connectivity index (χ1) is 6.42. The highest BCUT2D eigenvalue weighted by molar-refractivity contribution is 5.13. The van der Waals surface area contributed by atoms with Crippen molar-refractivity contribution in [2.24, 2.45) is 0 Å². The molecule has 2 rings (SSSR count). The van der Waals surface area contributed by atoms with Crippen LogP contribution in [0.25, 0.3) is 0 Å². The maximum Gasteiger partial charge on any atom is 0.181 e. The predicted molar refractivity (Wildman–Crippen MR) is 47.4 cm³/mol. The van der Waals surface area contributed by atoms with Crippen LogP contribution in [0.2, 0.25) is 0 Å². The number of hydrogen-bond acceptors (Lipinski definition) is 4. The fourth-order valence-electron chi connectivity index (χ4n) is 1.65. The number of ether oxygens (including phenoxy) is 1. The van der Waals surface area contributed by atoms with Crippen LogP contribution < -0.4 is 5.32 Å². The molecule has 1 aromatic rings. The van der Waals surface area contributed by atoms with Gasteiger partial charge in [-0.1, -0.05) is 0 Å². The highest BCUT2D eigenvalue weighted by Crippen LogP contribution is 2.27. The van der Waals surface area contributed by atoms with Gasteiger partial charge in [0.15, 0.2) is 6.39 Å². The monoisotopic (exact) mass is 182 g/mol. The molecule has 4 heteroatoms. The van der Waals surface area contributed by atoms with Crippen LogP contribution in [0, 0.1) is 0 Å². The van der Waals surface area contributed by atoms with Gasteiger partial charge in [-0.05, 0) is 13.5 Å². The summed E-state index contributed by atoms with van der Waals surface area (Å²) in [4.78, 5) is 4.17. The molecule has 1 fully saturated rings. The van der Waals surface area contributed by atoms with Gasteiger partial charge < -0.3 is 14.5 Å². The van der Waals surface area contributed by atoms with Gasteiger partial charge in [-0.15, -0.1) is 0 Å². The Labute approximate surface area is 77.3 Å². The molecule has 1 N–H and O–H groups in total. The summed E-state index contributed by atoms with van der Waals surface area (Å²) in [7, 11) is 1.91. The van der Waals surface area contributed by atoms with E-state index in [1.54, 1.807) is 0 Å². The third-order valence-electron chi connectivity index (χ3n) is 2.32. The van der Waals surface area contributed by atoms with Crippen LogP contribution in [0.15, 0.2) is 10.8 Å². The van der Waals surface area contributed by atoms with Crippen molar-refractivity contribution >= 4 is 0 Å². The Hall–Kier alpha value is -0.870. The van der Waals surface area contributed by atoms with Crippen molar-refractivity contribution in [2.75, 3.05) is 20.3 Å². The number of nitrogens with one attached hydrogen (secondary N) is 1. The van der Waals surface area contributed by atoms with E-state index >= 15 is 0 Å². The Balaban J connectivity index is 2.13. The van der Waals surface area contributed by atoms with E-state index < -0.39 is 0 Å². The lowest BCUT2D eigenvalue weighted by Gasteiger charge is -2.05. The largest absolute Gasteiger partial charge is 0.448 e. The molecule has 4 nitrogen and oxygen atoms in total. The molecule has 0 radical (unpaired) electrons. The molecule has 13 heavy (non-hydrogen) atoms. The van der Waals surface area contributed by atoms with Crippen molar-refractivity contribution in [3.05, 3.63) is 17.8 Å². The summed E-state index contributed by atoms with van der Waals surface area (Å²) in [6.45, 7) is 2.37. The molecule has 0 amide bonds. The lowest BCUT2D eigenvalue weighted by molar-refractivity contribution is 0.191. The van der Waals surface area contributed by atoms with Crippen molar-refractivity contribution in [1.29, 1.82) is 0 Å². The number of nitrogens with zero attached hydrogens (tertiary/aromatic N) is 1. The van der Waals surface area contributed by atoms with Gasteiger partial charge in [0.25, 0.3) is 0 Å². The number of rotatable bonds is 3. The lowest BCUT2D eigenvalue weighted by Crippen LogP contribution is -2.09. The summed E-state index contributed by atoms with van der Waals surface area (Å²) in [6.07, 6.45) is 2.56. The first-order valence-electron chi connectivity index (χ1n) is 4.56. The van der Waals surface area contributed by atoms with Crippen LogP contribution in [-0.2, 0) is 11.3 Å². The lowest BCUT2D eigenvalue weighted by atomic mass is 10.0. The van der Waals surface area contributed by atoms with Crippen LogP contribution >= 0.6 is 0 Å². The number of aromatic nitrogens is 1. The van der Waals surface area contributed by atoms with Gasteiger partial charge >= 0.3 is 0 Å². The van der Waals surface area contributed by atoms with Gasteiger partial charge in [-0.3, -0.25) is 0 Å². The molecule has 2 heterocycles. The van der Waals surface area contributed by atoms with Crippen LogP contribution in [0.4, 0.5) is 0 Å². The van der Waals surface area contributed by atoms with Gasteiger partial charge in [0.1, 0.15) is 5.76 Å². The van der Waals surface area contributed by atoms with E-state index in [2.05, 4.69) is 10.3 Å². The fraction of sp³-hybridized carbons (Fsp3) is 0.667. The molecule has 0 aromatic carbocycles. The summed E-state index contributed by atoms with van der Waals surface area (Å²) < 4.78 is 10.7. The molecule has 1 aromatic heterocycles. The van der Waals surface area contributed by atoms with Crippen LogP contribution in [0.3, 0.4) is 0 Å². The highest BCUT2D eigenvalue weighted by Gasteiger charge is 2.23. The molecule has 0 saturated carbocycles.